The Kier molecular flexibility index (Phi) is 11.9. The maximum absolute atomic E-state index is 2.62. The Labute approximate surface area is 98.6 Å². The first-order chi connectivity index (χ1) is 5.39. The van der Waals surface area contributed by atoms with Gasteiger partial charge < -0.3 is 30.3 Å². The number of halogens is 1. The fraction of sp³-hybridized carbons (Fsp3) is 0. The molecule has 1 unspecified atom stereocenters. The number of hydrogen-bond acceptors (Lipinski definition) is 0. The predicted octanol–water partition coefficient (Wildman–Crippen LogP) is 2.73. The average molecular weight is 254 g/mol. The standard InChI is InChI=1S/C5H6P.C5H5.ClH.Fe/c6-5-3-1-2-4-5;1-2-4-5-3-1;;/h1-4H,6H2;1-5H;1H;/q-1;-5;;. The molecule has 0 aliphatic carbocycles. The van der Waals surface area contributed by atoms with Gasteiger partial charge in [-0.3, -0.25) is 0 Å². The van der Waals surface area contributed by atoms with Gasteiger partial charge in [-0.2, -0.15) is 21.4 Å². The summed E-state index contributed by atoms with van der Waals surface area (Å²) in [5, 5.41) is 1.26. The zero-order valence-corrected chi connectivity index (χ0v) is 10.1. The molecule has 1 atom stereocenters. The summed E-state index contributed by atoms with van der Waals surface area (Å²) in [5.41, 5.74) is 0. The van der Waals surface area contributed by atoms with Gasteiger partial charge in [0.05, 0.1) is 0 Å². The minimum absolute atomic E-state index is 0. The van der Waals surface area contributed by atoms with Crippen LogP contribution in [0.1, 0.15) is 0 Å². The van der Waals surface area contributed by atoms with Gasteiger partial charge in [0.2, 0.25) is 0 Å². The molecule has 3 heteroatoms. The van der Waals surface area contributed by atoms with Crippen molar-refractivity contribution >= 4 is 27.0 Å². The van der Waals surface area contributed by atoms with Crippen molar-refractivity contribution in [2.45, 2.75) is 0 Å². The van der Waals surface area contributed by atoms with Crippen molar-refractivity contribution in [3.8, 4) is 0 Å². The molecule has 0 amide bonds. The molecule has 0 aliphatic heterocycles. The van der Waals surface area contributed by atoms with Crippen molar-refractivity contribution in [1.82, 2.24) is 0 Å². The summed E-state index contributed by atoms with van der Waals surface area (Å²) in [6.07, 6.45) is 0. The molecule has 0 bridgehead atoms. The number of rotatable bonds is 0. The molecule has 78 valence electrons. The summed E-state index contributed by atoms with van der Waals surface area (Å²) >= 11 is 0. The van der Waals surface area contributed by atoms with Crippen molar-refractivity contribution in [2.24, 2.45) is 0 Å². The van der Waals surface area contributed by atoms with E-state index in [1.807, 2.05) is 54.6 Å². The van der Waals surface area contributed by atoms with Crippen LogP contribution in [0.4, 0.5) is 0 Å². The molecule has 0 spiro atoms. The molecule has 2 aromatic carbocycles. The molecule has 0 radical (unpaired) electrons. The molecular formula is C10H12ClFeP-6. The summed E-state index contributed by atoms with van der Waals surface area (Å²) in [4.78, 5) is 0. The SMILES string of the molecule is Cl.P[c-]1cccc1.[Fe].[cH-]1[cH-][cH-][cH-][cH-]1. The van der Waals surface area contributed by atoms with E-state index in [-0.39, 0.29) is 29.5 Å². The second-order valence-electron chi connectivity index (χ2n) is 2.18. The van der Waals surface area contributed by atoms with Gasteiger partial charge in [0, 0.05) is 17.1 Å². The molecule has 0 aromatic heterocycles. The molecule has 13 heavy (non-hydrogen) atoms. The van der Waals surface area contributed by atoms with E-state index in [0.717, 1.165) is 0 Å². The maximum Gasteiger partial charge on any atom is 0 e. The van der Waals surface area contributed by atoms with Gasteiger partial charge >= 0.3 is 0 Å². The third kappa shape index (κ3) is 8.27. The molecular weight excluding hydrogens is 242 g/mol. The van der Waals surface area contributed by atoms with Gasteiger partial charge in [0.25, 0.3) is 0 Å². The second kappa shape index (κ2) is 10.0. The summed E-state index contributed by atoms with van der Waals surface area (Å²) < 4.78 is 0. The Bertz CT molecular complexity index is 233. The van der Waals surface area contributed by atoms with E-state index in [2.05, 4.69) is 9.24 Å². The van der Waals surface area contributed by atoms with Crippen LogP contribution >= 0.6 is 21.6 Å². The summed E-state index contributed by atoms with van der Waals surface area (Å²) in [5.74, 6) is 0. The molecule has 2 aromatic rings. The fourth-order valence-corrected chi connectivity index (χ4v) is 0.932. The zero-order chi connectivity index (χ0) is 7.94. The minimum atomic E-state index is 0. The van der Waals surface area contributed by atoms with Gasteiger partial charge in [-0.1, -0.05) is 0 Å². The van der Waals surface area contributed by atoms with E-state index in [9.17, 15) is 0 Å². The number of hydrogen-bond donors (Lipinski definition) is 0. The van der Waals surface area contributed by atoms with Crippen molar-refractivity contribution in [2.75, 3.05) is 0 Å². The first-order valence-electron chi connectivity index (χ1n) is 3.53. The third-order valence-corrected chi connectivity index (χ3v) is 1.63. The van der Waals surface area contributed by atoms with Crippen LogP contribution in [0.15, 0.2) is 54.6 Å². The van der Waals surface area contributed by atoms with Crippen LogP contribution in [0.2, 0.25) is 0 Å². The van der Waals surface area contributed by atoms with Crippen LogP contribution in [0.25, 0.3) is 0 Å². The van der Waals surface area contributed by atoms with Crippen LogP contribution in [0, 0.1) is 0 Å². The smallest absolute Gasteiger partial charge is 0 e. The molecule has 0 nitrogen and oxygen atoms in total. The quantitative estimate of drug-likeness (QED) is 0.385. The van der Waals surface area contributed by atoms with Crippen molar-refractivity contribution in [3.63, 3.8) is 0 Å². The topological polar surface area (TPSA) is 0 Å². The Morgan fingerprint density at radius 2 is 1.15 bits per heavy atom. The Morgan fingerprint density at radius 3 is 1.31 bits per heavy atom. The van der Waals surface area contributed by atoms with Crippen molar-refractivity contribution in [3.05, 3.63) is 54.6 Å². The molecule has 0 saturated carbocycles. The van der Waals surface area contributed by atoms with Crippen LogP contribution in [0.5, 0.6) is 0 Å². The second-order valence-corrected chi connectivity index (χ2v) is 2.85. The van der Waals surface area contributed by atoms with Gasteiger partial charge in [0.1, 0.15) is 0 Å². The summed E-state index contributed by atoms with van der Waals surface area (Å²) in [6, 6.07) is 18.1. The molecule has 0 aliphatic rings. The van der Waals surface area contributed by atoms with Crippen LogP contribution in [-0.4, -0.2) is 0 Å². The largest absolute Gasteiger partial charge is 0.748 e. The van der Waals surface area contributed by atoms with Gasteiger partial charge in [-0.15, -0.1) is 17.7 Å². The van der Waals surface area contributed by atoms with E-state index in [1.165, 1.54) is 5.30 Å². The van der Waals surface area contributed by atoms with Gasteiger partial charge in [0.15, 0.2) is 0 Å². The van der Waals surface area contributed by atoms with Crippen molar-refractivity contribution < 1.29 is 17.1 Å². The minimum Gasteiger partial charge on any atom is -0.748 e. The first-order valence-corrected chi connectivity index (χ1v) is 4.11. The summed E-state index contributed by atoms with van der Waals surface area (Å²) in [7, 11) is 2.62. The molecule has 0 fully saturated rings. The predicted molar refractivity (Wildman–Crippen MR) is 60.7 cm³/mol. The normalized spacial score (nSPS) is 7.15. The molecule has 0 heterocycles. The first kappa shape index (κ1) is 15.4. The Balaban J connectivity index is 0. The van der Waals surface area contributed by atoms with Gasteiger partial charge in [-0.05, 0) is 0 Å². The van der Waals surface area contributed by atoms with E-state index in [4.69, 9.17) is 0 Å². The zero-order valence-electron chi connectivity index (χ0n) is 7.04. The van der Waals surface area contributed by atoms with E-state index >= 15 is 0 Å². The average Bonchev–Trinajstić information content (AvgIpc) is 2.57. The van der Waals surface area contributed by atoms with Crippen LogP contribution in [-0.2, 0) is 17.1 Å². The Hall–Kier alpha value is -0.0605. The molecule has 0 saturated heterocycles. The molecule has 0 N–H and O–H groups in total. The van der Waals surface area contributed by atoms with E-state index < -0.39 is 0 Å². The molecule has 2 rings (SSSR count). The van der Waals surface area contributed by atoms with Crippen LogP contribution < -0.4 is 5.30 Å². The Morgan fingerprint density at radius 1 is 0.846 bits per heavy atom. The monoisotopic (exact) mass is 254 g/mol. The maximum atomic E-state index is 2.62. The van der Waals surface area contributed by atoms with E-state index in [1.54, 1.807) is 0 Å². The van der Waals surface area contributed by atoms with Crippen molar-refractivity contribution in [1.29, 1.82) is 0 Å². The van der Waals surface area contributed by atoms with Gasteiger partial charge in [-0.25, -0.2) is 12.1 Å². The third-order valence-electron chi connectivity index (χ3n) is 1.24. The summed E-state index contributed by atoms with van der Waals surface area (Å²) in [6.45, 7) is 0. The fourth-order valence-electron chi connectivity index (χ4n) is 0.710. The van der Waals surface area contributed by atoms with E-state index in [0.29, 0.717) is 0 Å². The van der Waals surface area contributed by atoms with Crippen LogP contribution in [0.3, 0.4) is 0 Å².